The first kappa shape index (κ1) is 15.0. The molecule has 110 valence electrons. The number of carbonyl (C=O) groups excluding carboxylic acids is 1. The first-order valence-corrected chi connectivity index (χ1v) is 7.87. The van der Waals surface area contributed by atoms with E-state index in [2.05, 4.69) is 13.0 Å². The van der Waals surface area contributed by atoms with Gasteiger partial charge in [-0.25, -0.2) is 0 Å². The fraction of sp³-hybridized carbons (Fsp3) is 0.600. The third kappa shape index (κ3) is 3.39. The van der Waals surface area contributed by atoms with Gasteiger partial charge in [-0.1, -0.05) is 0 Å². The minimum atomic E-state index is -0.724. The molecule has 0 radical (unpaired) electrons. The van der Waals surface area contributed by atoms with Crippen LogP contribution < -0.4 is 0 Å². The maximum atomic E-state index is 12.4. The molecule has 1 amide bonds. The number of aliphatic carboxylic acids is 1. The van der Waals surface area contributed by atoms with Crippen molar-refractivity contribution in [2.24, 2.45) is 11.8 Å². The Kier molecular flexibility index (Phi) is 4.81. The molecule has 20 heavy (non-hydrogen) atoms. The number of carboxylic acid groups (broad SMARTS) is 1. The zero-order valence-corrected chi connectivity index (χ0v) is 12.8. The summed E-state index contributed by atoms with van der Waals surface area (Å²) in [5.74, 6) is -0.833. The molecule has 0 aliphatic heterocycles. The van der Waals surface area contributed by atoms with Crippen molar-refractivity contribution in [3.05, 3.63) is 21.9 Å². The van der Waals surface area contributed by atoms with E-state index in [1.807, 2.05) is 12.4 Å². The normalized spacial score (nSPS) is 22.5. The lowest BCUT2D eigenvalue weighted by atomic mass is 9.81. The monoisotopic (exact) mass is 295 g/mol. The van der Waals surface area contributed by atoms with E-state index in [-0.39, 0.29) is 17.7 Å². The smallest absolute Gasteiger partial charge is 0.306 e. The standard InChI is InChI=1S/C15H21NO3S/c1-10-7-8-20-13(10)9-16(2)14(17)11-3-5-12(6-4-11)15(18)19/h7-8,11-12H,3-6,9H2,1-2H3,(H,18,19). The predicted molar refractivity (Wildman–Crippen MR) is 78.6 cm³/mol. The number of carboxylic acids is 1. The summed E-state index contributed by atoms with van der Waals surface area (Å²) in [6.45, 7) is 2.71. The number of thiophene rings is 1. The number of hydrogen-bond donors (Lipinski definition) is 1. The minimum absolute atomic E-state index is 0.00383. The molecule has 1 fully saturated rings. The van der Waals surface area contributed by atoms with E-state index >= 15 is 0 Å². The molecule has 5 heteroatoms. The van der Waals surface area contributed by atoms with Crippen LogP contribution in [0, 0.1) is 18.8 Å². The summed E-state index contributed by atoms with van der Waals surface area (Å²) < 4.78 is 0. The Balaban J connectivity index is 1.88. The van der Waals surface area contributed by atoms with Gasteiger partial charge in [0.15, 0.2) is 0 Å². The Morgan fingerprint density at radius 1 is 1.30 bits per heavy atom. The van der Waals surface area contributed by atoms with Crippen LogP contribution in [0.2, 0.25) is 0 Å². The van der Waals surface area contributed by atoms with Gasteiger partial charge in [0.1, 0.15) is 0 Å². The van der Waals surface area contributed by atoms with Gasteiger partial charge < -0.3 is 10.0 Å². The van der Waals surface area contributed by atoms with Crippen molar-refractivity contribution in [2.75, 3.05) is 7.05 Å². The van der Waals surface area contributed by atoms with Crippen molar-refractivity contribution >= 4 is 23.2 Å². The highest BCUT2D eigenvalue weighted by Gasteiger charge is 2.31. The number of nitrogens with zero attached hydrogens (tertiary/aromatic N) is 1. The number of aryl methyl sites for hydroxylation is 1. The van der Waals surface area contributed by atoms with Gasteiger partial charge in [-0.15, -0.1) is 11.3 Å². The molecule has 0 atom stereocenters. The van der Waals surface area contributed by atoms with Crippen LogP contribution in [0.3, 0.4) is 0 Å². The summed E-state index contributed by atoms with van der Waals surface area (Å²) in [4.78, 5) is 26.3. The molecule has 0 saturated heterocycles. The van der Waals surface area contributed by atoms with E-state index in [0.717, 1.165) is 0 Å². The Bertz CT molecular complexity index is 489. The zero-order valence-electron chi connectivity index (χ0n) is 12.0. The Morgan fingerprint density at radius 2 is 1.90 bits per heavy atom. The van der Waals surface area contributed by atoms with Crippen LogP contribution in [-0.2, 0) is 16.1 Å². The summed E-state index contributed by atoms with van der Waals surface area (Å²) in [6.07, 6.45) is 2.64. The largest absolute Gasteiger partial charge is 0.481 e. The molecule has 1 saturated carbocycles. The fourth-order valence-electron chi connectivity index (χ4n) is 2.76. The average molecular weight is 295 g/mol. The molecule has 1 heterocycles. The molecule has 1 N–H and O–H groups in total. The van der Waals surface area contributed by atoms with Gasteiger partial charge in [-0.05, 0) is 49.6 Å². The van der Waals surface area contributed by atoms with Crippen molar-refractivity contribution in [3.8, 4) is 0 Å². The molecule has 0 spiro atoms. The molecule has 1 aromatic heterocycles. The fourth-order valence-corrected chi connectivity index (χ4v) is 3.72. The summed E-state index contributed by atoms with van der Waals surface area (Å²) in [7, 11) is 1.84. The summed E-state index contributed by atoms with van der Waals surface area (Å²) >= 11 is 1.67. The molecule has 0 unspecified atom stereocenters. The third-order valence-electron chi connectivity index (χ3n) is 4.15. The van der Waals surface area contributed by atoms with Crippen LogP contribution in [0.4, 0.5) is 0 Å². The van der Waals surface area contributed by atoms with Crippen molar-refractivity contribution in [1.82, 2.24) is 4.90 Å². The van der Waals surface area contributed by atoms with Gasteiger partial charge in [0.2, 0.25) is 5.91 Å². The van der Waals surface area contributed by atoms with Crippen molar-refractivity contribution in [1.29, 1.82) is 0 Å². The highest BCUT2D eigenvalue weighted by atomic mass is 32.1. The topological polar surface area (TPSA) is 57.6 Å². The lowest BCUT2D eigenvalue weighted by Gasteiger charge is -2.28. The van der Waals surface area contributed by atoms with Crippen molar-refractivity contribution < 1.29 is 14.7 Å². The molecule has 0 aromatic carbocycles. The molecule has 0 bridgehead atoms. The van der Waals surface area contributed by atoms with Crippen LogP contribution in [0.25, 0.3) is 0 Å². The summed E-state index contributed by atoms with van der Waals surface area (Å²) in [5.41, 5.74) is 1.23. The van der Waals surface area contributed by atoms with E-state index < -0.39 is 5.97 Å². The zero-order chi connectivity index (χ0) is 14.7. The Hall–Kier alpha value is -1.36. The SMILES string of the molecule is Cc1ccsc1CN(C)C(=O)C1CCC(C(=O)O)CC1. The van der Waals surface area contributed by atoms with Gasteiger partial charge in [-0.3, -0.25) is 9.59 Å². The first-order chi connectivity index (χ1) is 9.49. The molecule has 1 aliphatic rings. The van der Waals surface area contributed by atoms with Crippen LogP contribution >= 0.6 is 11.3 Å². The highest BCUT2D eigenvalue weighted by molar-refractivity contribution is 7.10. The number of rotatable bonds is 4. The van der Waals surface area contributed by atoms with Crippen molar-refractivity contribution in [2.45, 2.75) is 39.2 Å². The van der Waals surface area contributed by atoms with Gasteiger partial charge in [0.05, 0.1) is 12.5 Å². The molecule has 1 aliphatic carbocycles. The average Bonchev–Trinajstić information content (AvgIpc) is 2.83. The second-order valence-corrected chi connectivity index (χ2v) is 6.61. The maximum absolute atomic E-state index is 12.4. The molecule has 1 aromatic rings. The minimum Gasteiger partial charge on any atom is -0.481 e. The summed E-state index contributed by atoms with van der Waals surface area (Å²) in [5, 5.41) is 11.0. The third-order valence-corrected chi connectivity index (χ3v) is 5.16. The molecule has 4 nitrogen and oxygen atoms in total. The first-order valence-electron chi connectivity index (χ1n) is 6.99. The number of carbonyl (C=O) groups is 2. The van der Waals surface area contributed by atoms with Crippen molar-refractivity contribution in [3.63, 3.8) is 0 Å². The van der Waals surface area contributed by atoms with Gasteiger partial charge in [0, 0.05) is 17.8 Å². The number of amides is 1. The number of hydrogen-bond acceptors (Lipinski definition) is 3. The van der Waals surface area contributed by atoms with Crippen LogP contribution in [0.5, 0.6) is 0 Å². The highest BCUT2D eigenvalue weighted by Crippen LogP contribution is 2.30. The van der Waals surface area contributed by atoms with Gasteiger partial charge in [0.25, 0.3) is 0 Å². The lowest BCUT2D eigenvalue weighted by Crippen LogP contribution is -2.35. The van der Waals surface area contributed by atoms with E-state index in [0.29, 0.717) is 32.2 Å². The second kappa shape index (κ2) is 6.39. The predicted octanol–water partition coefficient (Wildman–Crippen LogP) is 2.91. The second-order valence-electron chi connectivity index (χ2n) is 5.61. The van der Waals surface area contributed by atoms with Gasteiger partial charge in [-0.2, -0.15) is 0 Å². The summed E-state index contributed by atoms with van der Waals surface area (Å²) in [6, 6.07) is 2.07. The maximum Gasteiger partial charge on any atom is 0.306 e. The Morgan fingerprint density at radius 3 is 2.40 bits per heavy atom. The van der Waals surface area contributed by atoms with E-state index in [1.54, 1.807) is 16.2 Å². The molecular formula is C15H21NO3S. The quantitative estimate of drug-likeness (QED) is 0.929. The van der Waals surface area contributed by atoms with E-state index in [9.17, 15) is 9.59 Å². The van der Waals surface area contributed by atoms with Crippen LogP contribution in [-0.4, -0.2) is 28.9 Å². The van der Waals surface area contributed by atoms with Crippen LogP contribution in [0.15, 0.2) is 11.4 Å². The lowest BCUT2D eigenvalue weighted by molar-refractivity contribution is -0.145. The van der Waals surface area contributed by atoms with E-state index in [1.165, 1.54) is 10.4 Å². The molecular weight excluding hydrogens is 274 g/mol. The van der Waals surface area contributed by atoms with Gasteiger partial charge >= 0.3 is 5.97 Å². The molecule has 2 rings (SSSR count). The van der Waals surface area contributed by atoms with E-state index in [4.69, 9.17) is 5.11 Å². The van der Waals surface area contributed by atoms with Crippen LogP contribution in [0.1, 0.15) is 36.1 Å². The Labute approximate surface area is 123 Å².